The smallest absolute Gasteiger partial charge is 0.335 e. The lowest BCUT2D eigenvalue weighted by Gasteiger charge is -2.12. The molecule has 2 N–H and O–H groups in total. The van der Waals surface area contributed by atoms with Crippen LogP contribution in [0.1, 0.15) is 30.6 Å². The third-order valence-corrected chi connectivity index (χ3v) is 2.50. The van der Waals surface area contributed by atoms with Gasteiger partial charge in [-0.3, -0.25) is 4.79 Å². The van der Waals surface area contributed by atoms with Gasteiger partial charge < -0.3 is 10.4 Å². The van der Waals surface area contributed by atoms with Gasteiger partial charge in [0.2, 0.25) is 5.91 Å². The van der Waals surface area contributed by atoms with Crippen molar-refractivity contribution in [2.24, 2.45) is 5.92 Å². The molecule has 0 radical (unpaired) electrons. The molecule has 0 aliphatic carbocycles. The van der Waals surface area contributed by atoms with Crippen LogP contribution in [0.3, 0.4) is 0 Å². The van der Waals surface area contributed by atoms with Gasteiger partial charge in [-0.05, 0) is 37.6 Å². The first-order valence-electron chi connectivity index (χ1n) is 5.68. The maximum absolute atomic E-state index is 11.8. The number of rotatable bonds is 5. The number of carboxylic acids is 1. The van der Waals surface area contributed by atoms with Gasteiger partial charge in [0.05, 0.1) is 5.56 Å². The van der Waals surface area contributed by atoms with E-state index in [1.54, 1.807) is 12.1 Å². The molecular formula is C14H17NO3. The Hall–Kier alpha value is -2.10. The molecular weight excluding hydrogens is 230 g/mol. The number of carbonyl (C=O) groups is 2. The van der Waals surface area contributed by atoms with Crippen LogP contribution in [0, 0.1) is 5.92 Å². The Labute approximate surface area is 106 Å². The van der Waals surface area contributed by atoms with Crippen molar-refractivity contribution in [2.75, 3.05) is 5.32 Å². The van der Waals surface area contributed by atoms with Crippen molar-refractivity contribution >= 4 is 17.6 Å². The van der Waals surface area contributed by atoms with Crippen LogP contribution in [0.5, 0.6) is 0 Å². The number of amides is 1. The van der Waals surface area contributed by atoms with Gasteiger partial charge in [0.15, 0.2) is 0 Å². The molecule has 0 bridgehead atoms. The first kappa shape index (κ1) is 14.0. The summed E-state index contributed by atoms with van der Waals surface area (Å²) in [5.41, 5.74) is 1.75. The number of carbonyl (C=O) groups excluding carboxylic acids is 1. The van der Waals surface area contributed by atoms with Crippen molar-refractivity contribution in [3.8, 4) is 0 Å². The highest BCUT2D eigenvalue weighted by atomic mass is 16.4. The van der Waals surface area contributed by atoms with E-state index in [2.05, 4.69) is 11.9 Å². The zero-order chi connectivity index (χ0) is 13.7. The number of carboxylic acid groups (broad SMARTS) is 1. The zero-order valence-corrected chi connectivity index (χ0v) is 10.6. The maximum atomic E-state index is 11.8. The topological polar surface area (TPSA) is 66.4 Å². The Bertz CT molecular complexity index is 462. The third kappa shape index (κ3) is 4.05. The van der Waals surface area contributed by atoms with Gasteiger partial charge in [-0.2, -0.15) is 0 Å². The van der Waals surface area contributed by atoms with E-state index in [1.165, 1.54) is 12.1 Å². The normalized spacial score (nSPS) is 11.7. The quantitative estimate of drug-likeness (QED) is 0.786. The number of hydrogen-bond acceptors (Lipinski definition) is 2. The molecule has 1 amide bonds. The molecule has 1 aromatic carbocycles. The number of hydrogen-bond donors (Lipinski definition) is 2. The predicted molar refractivity (Wildman–Crippen MR) is 70.6 cm³/mol. The van der Waals surface area contributed by atoms with Crippen LogP contribution in [0.25, 0.3) is 0 Å². The lowest BCUT2D eigenvalue weighted by atomic mass is 10.0. The molecule has 0 fully saturated rings. The molecule has 0 aliphatic rings. The molecule has 1 aromatic rings. The summed E-state index contributed by atoms with van der Waals surface area (Å²) in [6.07, 6.45) is 0.638. The summed E-state index contributed by atoms with van der Waals surface area (Å²) in [7, 11) is 0. The van der Waals surface area contributed by atoms with Gasteiger partial charge in [0, 0.05) is 11.6 Å². The monoisotopic (exact) mass is 247 g/mol. The average molecular weight is 247 g/mol. The fourth-order valence-corrected chi connectivity index (χ4v) is 1.58. The van der Waals surface area contributed by atoms with Gasteiger partial charge in [0.25, 0.3) is 0 Å². The summed E-state index contributed by atoms with van der Waals surface area (Å²) in [6.45, 7) is 7.48. The largest absolute Gasteiger partial charge is 0.478 e. The standard InChI is InChI=1S/C14H17NO3/c1-9(2)8-10(3)13(16)15-12-6-4-11(5-7-12)14(17)18/h4-7,10H,1,8H2,2-3H3,(H,15,16)(H,17,18). The Kier molecular flexibility index (Phi) is 4.66. The van der Waals surface area contributed by atoms with Crippen LogP contribution < -0.4 is 5.32 Å². The molecule has 4 nitrogen and oxygen atoms in total. The summed E-state index contributed by atoms with van der Waals surface area (Å²) in [5.74, 6) is -1.23. The van der Waals surface area contributed by atoms with E-state index in [9.17, 15) is 9.59 Å². The molecule has 1 atom stereocenters. The van der Waals surface area contributed by atoms with Crippen LogP contribution in [-0.4, -0.2) is 17.0 Å². The van der Waals surface area contributed by atoms with E-state index >= 15 is 0 Å². The van der Waals surface area contributed by atoms with Crippen molar-refractivity contribution in [2.45, 2.75) is 20.3 Å². The first-order chi connectivity index (χ1) is 8.40. The summed E-state index contributed by atoms with van der Waals surface area (Å²) < 4.78 is 0. The van der Waals surface area contributed by atoms with Crippen LogP contribution in [0.4, 0.5) is 5.69 Å². The number of anilines is 1. The maximum Gasteiger partial charge on any atom is 0.335 e. The summed E-state index contributed by atoms with van der Waals surface area (Å²) in [6, 6.07) is 6.08. The second-order valence-corrected chi connectivity index (χ2v) is 4.43. The predicted octanol–water partition coefficient (Wildman–Crippen LogP) is 2.93. The van der Waals surface area contributed by atoms with Crippen LogP contribution in [0.2, 0.25) is 0 Å². The fourth-order valence-electron chi connectivity index (χ4n) is 1.58. The Morgan fingerprint density at radius 2 is 1.89 bits per heavy atom. The second kappa shape index (κ2) is 6.00. The molecule has 0 aliphatic heterocycles. The molecule has 18 heavy (non-hydrogen) atoms. The summed E-state index contributed by atoms with van der Waals surface area (Å²) in [5, 5.41) is 11.5. The van der Waals surface area contributed by atoms with E-state index in [-0.39, 0.29) is 17.4 Å². The van der Waals surface area contributed by atoms with Crippen LogP contribution in [0.15, 0.2) is 36.4 Å². The molecule has 0 saturated heterocycles. The minimum atomic E-state index is -0.983. The molecule has 0 spiro atoms. The van der Waals surface area contributed by atoms with Crippen molar-refractivity contribution in [3.05, 3.63) is 42.0 Å². The van der Waals surface area contributed by atoms with E-state index < -0.39 is 5.97 Å². The summed E-state index contributed by atoms with van der Waals surface area (Å²) >= 11 is 0. The Morgan fingerprint density at radius 1 is 1.33 bits per heavy atom. The highest BCUT2D eigenvalue weighted by Crippen LogP contribution is 2.14. The van der Waals surface area contributed by atoms with Gasteiger partial charge in [-0.25, -0.2) is 4.79 Å². The first-order valence-corrected chi connectivity index (χ1v) is 5.68. The number of allylic oxidation sites excluding steroid dienone is 1. The van der Waals surface area contributed by atoms with Crippen molar-refractivity contribution < 1.29 is 14.7 Å². The van der Waals surface area contributed by atoms with Crippen molar-refractivity contribution in [1.29, 1.82) is 0 Å². The van der Waals surface area contributed by atoms with Gasteiger partial charge >= 0.3 is 5.97 Å². The van der Waals surface area contributed by atoms with Crippen molar-refractivity contribution in [3.63, 3.8) is 0 Å². The highest BCUT2D eigenvalue weighted by molar-refractivity contribution is 5.93. The Morgan fingerprint density at radius 3 is 2.33 bits per heavy atom. The van der Waals surface area contributed by atoms with E-state index in [1.807, 2.05) is 13.8 Å². The molecule has 1 rings (SSSR count). The molecule has 0 aromatic heterocycles. The summed E-state index contributed by atoms with van der Waals surface area (Å²) in [4.78, 5) is 22.5. The average Bonchev–Trinajstić information content (AvgIpc) is 2.28. The second-order valence-electron chi connectivity index (χ2n) is 4.43. The molecule has 4 heteroatoms. The molecule has 96 valence electrons. The van der Waals surface area contributed by atoms with Gasteiger partial charge in [-0.1, -0.05) is 12.5 Å². The van der Waals surface area contributed by atoms with Crippen molar-refractivity contribution in [1.82, 2.24) is 0 Å². The lowest BCUT2D eigenvalue weighted by molar-refractivity contribution is -0.119. The minimum Gasteiger partial charge on any atom is -0.478 e. The zero-order valence-electron chi connectivity index (χ0n) is 10.6. The SMILES string of the molecule is C=C(C)CC(C)C(=O)Nc1ccc(C(=O)O)cc1. The number of nitrogens with one attached hydrogen (secondary N) is 1. The highest BCUT2D eigenvalue weighted by Gasteiger charge is 2.13. The number of aromatic carboxylic acids is 1. The van der Waals surface area contributed by atoms with E-state index in [4.69, 9.17) is 5.11 Å². The van der Waals surface area contributed by atoms with E-state index in [0.717, 1.165) is 5.57 Å². The fraction of sp³-hybridized carbons (Fsp3) is 0.286. The third-order valence-electron chi connectivity index (χ3n) is 2.50. The van der Waals surface area contributed by atoms with Gasteiger partial charge in [0.1, 0.15) is 0 Å². The minimum absolute atomic E-state index is 0.0962. The number of benzene rings is 1. The van der Waals surface area contributed by atoms with Crippen LogP contribution in [-0.2, 0) is 4.79 Å². The van der Waals surface area contributed by atoms with Crippen LogP contribution >= 0.6 is 0 Å². The molecule has 0 heterocycles. The van der Waals surface area contributed by atoms with Gasteiger partial charge in [-0.15, -0.1) is 6.58 Å². The molecule has 0 saturated carbocycles. The van der Waals surface area contributed by atoms with E-state index in [0.29, 0.717) is 12.1 Å². The Balaban J connectivity index is 2.64. The molecule has 1 unspecified atom stereocenters. The lowest BCUT2D eigenvalue weighted by Crippen LogP contribution is -2.20.